The van der Waals surface area contributed by atoms with Crippen molar-refractivity contribution in [3.8, 4) is 0 Å². The molecule has 0 saturated carbocycles. The first-order valence-corrected chi connectivity index (χ1v) is 3.47. The summed E-state index contributed by atoms with van der Waals surface area (Å²) >= 11 is 0. The maximum absolute atomic E-state index is 8.88. The predicted octanol–water partition coefficient (Wildman–Crippen LogP) is 1.53. The lowest BCUT2D eigenvalue weighted by atomic mass is 10.1. The molecule has 1 rings (SSSR count). The fourth-order valence-corrected chi connectivity index (χ4v) is 0.971. The third-order valence-corrected chi connectivity index (χ3v) is 1.72. The van der Waals surface area contributed by atoms with Crippen LogP contribution in [0.15, 0.2) is 18.8 Å². The second kappa shape index (κ2) is 3.30. The molecule has 0 aliphatic rings. The largest absolute Gasteiger partial charge is 0.392 e. The van der Waals surface area contributed by atoms with Gasteiger partial charge in [-0.3, -0.25) is 4.98 Å². The fraction of sp³-hybridized carbons (Fsp3) is 0.222. The van der Waals surface area contributed by atoms with Crippen molar-refractivity contribution in [2.24, 2.45) is 0 Å². The Kier molecular flexibility index (Phi) is 2.39. The van der Waals surface area contributed by atoms with Gasteiger partial charge in [-0.15, -0.1) is 0 Å². The number of aliphatic hydroxyl groups excluding tert-OH is 1. The number of hydrogen-bond acceptors (Lipinski definition) is 2. The molecule has 1 aromatic heterocycles. The van der Waals surface area contributed by atoms with Gasteiger partial charge < -0.3 is 5.11 Å². The summed E-state index contributed by atoms with van der Waals surface area (Å²) in [7, 11) is 0. The normalized spacial score (nSPS) is 9.64. The smallest absolute Gasteiger partial charge is 0.0685 e. The highest BCUT2D eigenvalue weighted by atomic mass is 16.3. The molecule has 0 aliphatic carbocycles. The standard InChI is InChI=1S/C9H11NO/c1-3-9-7(2)8(6-11)4-5-10-9/h3-5,11H,1,6H2,2H3. The van der Waals surface area contributed by atoms with E-state index in [2.05, 4.69) is 11.6 Å². The van der Waals surface area contributed by atoms with Crippen LogP contribution in [0, 0.1) is 6.92 Å². The number of pyridine rings is 1. The quantitative estimate of drug-likeness (QED) is 0.691. The van der Waals surface area contributed by atoms with E-state index in [1.807, 2.05) is 13.0 Å². The van der Waals surface area contributed by atoms with E-state index in [-0.39, 0.29) is 6.61 Å². The van der Waals surface area contributed by atoms with Crippen LogP contribution in [0.3, 0.4) is 0 Å². The van der Waals surface area contributed by atoms with E-state index in [1.54, 1.807) is 12.3 Å². The zero-order valence-electron chi connectivity index (χ0n) is 6.54. The summed E-state index contributed by atoms with van der Waals surface area (Å²) in [6.07, 6.45) is 3.37. The molecule has 58 valence electrons. The van der Waals surface area contributed by atoms with Crippen LogP contribution in [-0.2, 0) is 6.61 Å². The molecule has 0 aliphatic heterocycles. The van der Waals surface area contributed by atoms with Gasteiger partial charge in [-0.05, 0) is 30.2 Å². The number of hydrogen-bond donors (Lipinski definition) is 1. The van der Waals surface area contributed by atoms with E-state index < -0.39 is 0 Å². The van der Waals surface area contributed by atoms with Crippen molar-refractivity contribution in [1.82, 2.24) is 4.98 Å². The Morgan fingerprint density at radius 1 is 1.73 bits per heavy atom. The molecule has 0 atom stereocenters. The third kappa shape index (κ3) is 1.46. The first-order valence-electron chi connectivity index (χ1n) is 3.47. The van der Waals surface area contributed by atoms with Gasteiger partial charge in [-0.1, -0.05) is 6.58 Å². The van der Waals surface area contributed by atoms with E-state index in [0.29, 0.717) is 0 Å². The second-order valence-corrected chi connectivity index (χ2v) is 2.34. The van der Waals surface area contributed by atoms with Gasteiger partial charge in [0.05, 0.1) is 12.3 Å². The van der Waals surface area contributed by atoms with Crippen LogP contribution in [0.4, 0.5) is 0 Å². The highest BCUT2D eigenvalue weighted by molar-refractivity contribution is 5.48. The summed E-state index contributed by atoms with van der Waals surface area (Å²) in [6.45, 7) is 5.61. The molecule has 0 fully saturated rings. The van der Waals surface area contributed by atoms with E-state index >= 15 is 0 Å². The van der Waals surface area contributed by atoms with Crippen molar-refractivity contribution in [3.63, 3.8) is 0 Å². The van der Waals surface area contributed by atoms with Crippen LogP contribution in [-0.4, -0.2) is 10.1 Å². The minimum absolute atomic E-state index is 0.0647. The van der Waals surface area contributed by atoms with Crippen molar-refractivity contribution >= 4 is 6.08 Å². The number of aromatic nitrogens is 1. The lowest BCUT2D eigenvalue weighted by Gasteiger charge is -2.03. The molecule has 1 heterocycles. The molecule has 0 saturated heterocycles. The molecule has 2 nitrogen and oxygen atoms in total. The summed E-state index contributed by atoms with van der Waals surface area (Å²) < 4.78 is 0. The van der Waals surface area contributed by atoms with Crippen molar-refractivity contribution in [3.05, 3.63) is 35.7 Å². The van der Waals surface area contributed by atoms with Gasteiger partial charge in [0.1, 0.15) is 0 Å². The van der Waals surface area contributed by atoms with E-state index in [4.69, 9.17) is 5.11 Å². The van der Waals surface area contributed by atoms with E-state index in [0.717, 1.165) is 16.8 Å². The van der Waals surface area contributed by atoms with E-state index in [9.17, 15) is 0 Å². The topological polar surface area (TPSA) is 33.1 Å². The van der Waals surface area contributed by atoms with Crippen molar-refractivity contribution in [2.45, 2.75) is 13.5 Å². The Morgan fingerprint density at radius 2 is 2.45 bits per heavy atom. The summed E-state index contributed by atoms with van der Waals surface area (Å²) in [6, 6.07) is 1.81. The average molecular weight is 149 g/mol. The van der Waals surface area contributed by atoms with Crippen molar-refractivity contribution in [1.29, 1.82) is 0 Å². The Labute approximate surface area is 66.2 Å². The molecular weight excluding hydrogens is 138 g/mol. The van der Waals surface area contributed by atoms with Crippen LogP contribution in [0.2, 0.25) is 0 Å². The fourth-order valence-electron chi connectivity index (χ4n) is 0.971. The SMILES string of the molecule is C=Cc1nccc(CO)c1C. The summed E-state index contributed by atoms with van der Waals surface area (Å²) in [4.78, 5) is 4.08. The molecule has 0 spiro atoms. The second-order valence-electron chi connectivity index (χ2n) is 2.34. The van der Waals surface area contributed by atoms with Crippen LogP contribution in [0.1, 0.15) is 16.8 Å². The predicted molar refractivity (Wildman–Crippen MR) is 45.0 cm³/mol. The third-order valence-electron chi connectivity index (χ3n) is 1.72. The Morgan fingerprint density at radius 3 is 3.00 bits per heavy atom. The van der Waals surface area contributed by atoms with Gasteiger partial charge in [0.25, 0.3) is 0 Å². The summed E-state index contributed by atoms with van der Waals surface area (Å²) in [5, 5.41) is 8.88. The Hall–Kier alpha value is -1.15. The van der Waals surface area contributed by atoms with Crippen molar-refractivity contribution < 1.29 is 5.11 Å². The summed E-state index contributed by atoms with van der Waals surface area (Å²) in [5.41, 5.74) is 2.76. The van der Waals surface area contributed by atoms with E-state index in [1.165, 1.54) is 0 Å². The zero-order valence-corrected chi connectivity index (χ0v) is 6.54. The minimum atomic E-state index is 0.0647. The molecule has 0 bridgehead atoms. The van der Waals surface area contributed by atoms with Gasteiger partial charge in [0.15, 0.2) is 0 Å². The molecular formula is C9H11NO. The molecule has 2 heteroatoms. The molecule has 1 aromatic rings. The summed E-state index contributed by atoms with van der Waals surface area (Å²) in [5.74, 6) is 0. The maximum Gasteiger partial charge on any atom is 0.0685 e. The van der Waals surface area contributed by atoms with Gasteiger partial charge in [0, 0.05) is 6.20 Å². The molecule has 0 aromatic carbocycles. The van der Waals surface area contributed by atoms with Gasteiger partial charge in [-0.2, -0.15) is 0 Å². The maximum atomic E-state index is 8.88. The van der Waals surface area contributed by atoms with Crippen molar-refractivity contribution in [2.75, 3.05) is 0 Å². The number of rotatable bonds is 2. The molecule has 1 N–H and O–H groups in total. The van der Waals surface area contributed by atoms with Gasteiger partial charge in [-0.25, -0.2) is 0 Å². The molecule has 0 unspecified atom stereocenters. The van der Waals surface area contributed by atoms with Crippen LogP contribution < -0.4 is 0 Å². The average Bonchev–Trinajstić information content (AvgIpc) is 2.05. The zero-order chi connectivity index (χ0) is 8.27. The number of nitrogens with zero attached hydrogens (tertiary/aromatic N) is 1. The lowest BCUT2D eigenvalue weighted by Crippen LogP contribution is -1.93. The number of aliphatic hydroxyl groups is 1. The first kappa shape index (κ1) is 7.95. The molecule has 11 heavy (non-hydrogen) atoms. The Balaban J connectivity index is 3.20. The van der Waals surface area contributed by atoms with Crippen LogP contribution >= 0.6 is 0 Å². The van der Waals surface area contributed by atoms with Gasteiger partial charge in [0.2, 0.25) is 0 Å². The first-order chi connectivity index (χ1) is 5.29. The monoisotopic (exact) mass is 149 g/mol. The highest BCUT2D eigenvalue weighted by Crippen LogP contribution is 2.11. The lowest BCUT2D eigenvalue weighted by molar-refractivity contribution is 0.281. The van der Waals surface area contributed by atoms with Gasteiger partial charge >= 0.3 is 0 Å². The molecule has 0 radical (unpaired) electrons. The van der Waals surface area contributed by atoms with Crippen LogP contribution in [0.25, 0.3) is 6.08 Å². The Bertz CT molecular complexity index is 268. The minimum Gasteiger partial charge on any atom is -0.392 e. The highest BCUT2D eigenvalue weighted by Gasteiger charge is 1.99. The van der Waals surface area contributed by atoms with Crippen LogP contribution in [0.5, 0.6) is 0 Å². The molecule has 0 amide bonds.